The minimum atomic E-state index is -0.0494. The number of fused-ring (bicyclic) bond motifs is 1. The van der Waals surface area contributed by atoms with Crippen LogP contribution in [0.15, 0.2) is 53.4 Å². The standard InChI is InChI=1S/C15H11BrN2O2/c16-11-5-12(8-17-7-11)20-15-14-4-2-1-3-13(14)10(9-19)6-18-15/h1-8,19H,9H2. The summed E-state index contributed by atoms with van der Waals surface area (Å²) in [6.45, 7) is -0.0494. The summed E-state index contributed by atoms with van der Waals surface area (Å²) in [6, 6.07) is 9.52. The summed E-state index contributed by atoms with van der Waals surface area (Å²) in [7, 11) is 0. The van der Waals surface area contributed by atoms with Gasteiger partial charge in [-0.3, -0.25) is 4.98 Å². The van der Waals surface area contributed by atoms with Gasteiger partial charge in [0.1, 0.15) is 5.75 Å². The lowest BCUT2D eigenvalue weighted by molar-refractivity contribution is 0.282. The summed E-state index contributed by atoms with van der Waals surface area (Å²) in [4.78, 5) is 8.33. The molecule has 0 amide bonds. The van der Waals surface area contributed by atoms with Gasteiger partial charge in [-0.15, -0.1) is 0 Å². The van der Waals surface area contributed by atoms with E-state index in [0.717, 1.165) is 20.8 Å². The Kier molecular flexibility index (Phi) is 3.62. The second-order valence-corrected chi connectivity index (χ2v) is 5.15. The Morgan fingerprint density at radius 1 is 1.10 bits per heavy atom. The maximum absolute atomic E-state index is 9.36. The summed E-state index contributed by atoms with van der Waals surface area (Å²) in [5.74, 6) is 1.10. The molecule has 0 spiro atoms. The van der Waals surface area contributed by atoms with E-state index in [0.29, 0.717) is 11.6 Å². The van der Waals surface area contributed by atoms with Crippen molar-refractivity contribution in [2.24, 2.45) is 0 Å². The number of aromatic nitrogens is 2. The highest BCUT2D eigenvalue weighted by molar-refractivity contribution is 9.10. The molecule has 3 aromatic rings. The first-order valence-electron chi connectivity index (χ1n) is 6.04. The molecular formula is C15H11BrN2O2. The Hall–Kier alpha value is -1.98. The Bertz CT molecular complexity index is 762. The molecule has 0 bridgehead atoms. The molecule has 0 unspecified atom stereocenters. The molecule has 5 heteroatoms. The van der Waals surface area contributed by atoms with E-state index in [2.05, 4.69) is 25.9 Å². The van der Waals surface area contributed by atoms with Crippen LogP contribution in [-0.4, -0.2) is 15.1 Å². The van der Waals surface area contributed by atoms with Crippen LogP contribution in [0.5, 0.6) is 11.6 Å². The van der Waals surface area contributed by atoms with Crippen LogP contribution in [0.3, 0.4) is 0 Å². The molecule has 0 radical (unpaired) electrons. The molecule has 20 heavy (non-hydrogen) atoms. The molecule has 3 rings (SSSR count). The van der Waals surface area contributed by atoms with Crippen molar-refractivity contribution in [3.63, 3.8) is 0 Å². The van der Waals surface area contributed by atoms with Crippen molar-refractivity contribution in [1.82, 2.24) is 9.97 Å². The van der Waals surface area contributed by atoms with Crippen molar-refractivity contribution >= 4 is 26.7 Å². The van der Waals surface area contributed by atoms with E-state index in [4.69, 9.17) is 4.74 Å². The van der Waals surface area contributed by atoms with Gasteiger partial charge in [-0.2, -0.15) is 0 Å². The average molecular weight is 331 g/mol. The highest BCUT2D eigenvalue weighted by Gasteiger charge is 2.09. The maximum Gasteiger partial charge on any atom is 0.227 e. The van der Waals surface area contributed by atoms with Crippen LogP contribution in [-0.2, 0) is 6.61 Å². The molecule has 0 saturated heterocycles. The number of aliphatic hydroxyl groups is 1. The smallest absolute Gasteiger partial charge is 0.227 e. The fraction of sp³-hybridized carbons (Fsp3) is 0.0667. The summed E-state index contributed by atoms with van der Waals surface area (Å²) in [5, 5.41) is 11.1. The molecule has 2 heterocycles. The van der Waals surface area contributed by atoms with E-state index in [1.54, 1.807) is 18.6 Å². The van der Waals surface area contributed by atoms with E-state index in [1.165, 1.54) is 0 Å². The van der Waals surface area contributed by atoms with Gasteiger partial charge in [0.2, 0.25) is 5.88 Å². The monoisotopic (exact) mass is 330 g/mol. The Morgan fingerprint density at radius 3 is 2.65 bits per heavy atom. The average Bonchev–Trinajstić information content (AvgIpc) is 2.48. The molecule has 0 atom stereocenters. The number of aliphatic hydroxyl groups excluding tert-OH is 1. The van der Waals surface area contributed by atoms with Crippen molar-refractivity contribution in [2.45, 2.75) is 6.61 Å². The van der Waals surface area contributed by atoms with Gasteiger partial charge >= 0.3 is 0 Å². The zero-order chi connectivity index (χ0) is 13.9. The number of hydrogen-bond acceptors (Lipinski definition) is 4. The summed E-state index contributed by atoms with van der Waals surface area (Å²) in [6.07, 6.45) is 4.94. The molecule has 0 aliphatic rings. The second-order valence-electron chi connectivity index (χ2n) is 4.23. The molecule has 100 valence electrons. The lowest BCUT2D eigenvalue weighted by atomic mass is 10.1. The number of benzene rings is 1. The summed E-state index contributed by atoms with van der Waals surface area (Å²) < 4.78 is 6.63. The lowest BCUT2D eigenvalue weighted by Crippen LogP contribution is -1.94. The number of halogens is 1. The molecule has 4 nitrogen and oxygen atoms in total. The predicted molar refractivity (Wildman–Crippen MR) is 79.7 cm³/mol. The molecule has 1 N–H and O–H groups in total. The molecule has 0 aliphatic carbocycles. The van der Waals surface area contributed by atoms with Crippen LogP contribution in [0.4, 0.5) is 0 Å². The number of rotatable bonds is 3. The van der Waals surface area contributed by atoms with Crippen LogP contribution in [0, 0.1) is 0 Å². The van der Waals surface area contributed by atoms with Crippen molar-refractivity contribution < 1.29 is 9.84 Å². The maximum atomic E-state index is 9.36. The van der Waals surface area contributed by atoms with E-state index >= 15 is 0 Å². The lowest BCUT2D eigenvalue weighted by Gasteiger charge is -2.10. The Labute approximate surface area is 124 Å². The first-order valence-corrected chi connectivity index (χ1v) is 6.83. The zero-order valence-electron chi connectivity index (χ0n) is 10.5. The quantitative estimate of drug-likeness (QED) is 0.795. The fourth-order valence-corrected chi connectivity index (χ4v) is 2.34. The highest BCUT2D eigenvalue weighted by Crippen LogP contribution is 2.30. The third-order valence-electron chi connectivity index (χ3n) is 2.91. The minimum Gasteiger partial charge on any atom is -0.437 e. The van der Waals surface area contributed by atoms with Gasteiger partial charge in [-0.1, -0.05) is 18.2 Å². The summed E-state index contributed by atoms with van der Waals surface area (Å²) >= 11 is 3.35. The van der Waals surface area contributed by atoms with E-state index in [9.17, 15) is 5.11 Å². The zero-order valence-corrected chi connectivity index (χ0v) is 12.0. The van der Waals surface area contributed by atoms with Gasteiger partial charge in [0.25, 0.3) is 0 Å². The van der Waals surface area contributed by atoms with Crippen molar-refractivity contribution in [2.75, 3.05) is 0 Å². The fourth-order valence-electron chi connectivity index (χ4n) is 1.99. The Morgan fingerprint density at radius 2 is 1.90 bits per heavy atom. The van der Waals surface area contributed by atoms with Gasteiger partial charge in [0.15, 0.2) is 0 Å². The van der Waals surface area contributed by atoms with Gasteiger partial charge in [0, 0.05) is 27.8 Å². The molecule has 2 aromatic heterocycles. The topological polar surface area (TPSA) is 55.2 Å². The second kappa shape index (κ2) is 5.56. The van der Waals surface area contributed by atoms with Gasteiger partial charge in [0.05, 0.1) is 12.8 Å². The first kappa shape index (κ1) is 13.0. The Balaban J connectivity index is 2.08. The van der Waals surface area contributed by atoms with Gasteiger partial charge in [-0.25, -0.2) is 4.98 Å². The number of pyridine rings is 2. The van der Waals surface area contributed by atoms with E-state index in [1.807, 2.05) is 30.3 Å². The van der Waals surface area contributed by atoms with Crippen LogP contribution in [0.25, 0.3) is 10.8 Å². The first-order chi connectivity index (χ1) is 9.78. The predicted octanol–water partition coefficient (Wildman–Crippen LogP) is 3.68. The minimum absolute atomic E-state index is 0.0494. The van der Waals surface area contributed by atoms with Crippen molar-refractivity contribution in [3.05, 3.63) is 59.0 Å². The molecule has 0 aliphatic heterocycles. The third-order valence-corrected chi connectivity index (χ3v) is 3.34. The van der Waals surface area contributed by atoms with Gasteiger partial charge < -0.3 is 9.84 Å². The van der Waals surface area contributed by atoms with Crippen LogP contribution >= 0.6 is 15.9 Å². The van der Waals surface area contributed by atoms with Crippen molar-refractivity contribution in [1.29, 1.82) is 0 Å². The SMILES string of the molecule is OCc1cnc(Oc2cncc(Br)c2)c2ccccc12. The van der Waals surface area contributed by atoms with Crippen LogP contribution in [0.2, 0.25) is 0 Å². The van der Waals surface area contributed by atoms with Crippen molar-refractivity contribution in [3.8, 4) is 11.6 Å². The number of nitrogens with zero attached hydrogens (tertiary/aromatic N) is 2. The number of ether oxygens (including phenoxy) is 1. The van der Waals surface area contributed by atoms with E-state index < -0.39 is 0 Å². The molecular weight excluding hydrogens is 320 g/mol. The van der Waals surface area contributed by atoms with Gasteiger partial charge in [-0.05, 0) is 33.4 Å². The highest BCUT2D eigenvalue weighted by atomic mass is 79.9. The van der Waals surface area contributed by atoms with Crippen LogP contribution in [0.1, 0.15) is 5.56 Å². The largest absolute Gasteiger partial charge is 0.437 e. The molecule has 0 saturated carbocycles. The van der Waals surface area contributed by atoms with E-state index in [-0.39, 0.29) is 6.61 Å². The normalized spacial score (nSPS) is 10.7. The van der Waals surface area contributed by atoms with Crippen LogP contribution < -0.4 is 4.74 Å². The summed E-state index contributed by atoms with van der Waals surface area (Å²) in [5.41, 5.74) is 0.778. The molecule has 0 fully saturated rings. The third kappa shape index (κ3) is 2.50. The number of hydrogen-bond donors (Lipinski definition) is 1. The molecule has 1 aromatic carbocycles.